The zero-order valence-corrected chi connectivity index (χ0v) is 12.9. The van der Waals surface area contributed by atoms with Gasteiger partial charge < -0.3 is 5.11 Å². The van der Waals surface area contributed by atoms with Crippen molar-refractivity contribution in [3.05, 3.63) is 64.6 Å². The fourth-order valence-electron chi connectivity index (χ4n) is 2.55. The summed E-state index contributed by atoms with van der Waals surface area (Å²) in [4.78, 5) is 12.7. The quantitative estimate of drug-likeness (QED) is 0.631. The van der Waals surface area contributed by atoms with Gasteiger partial charge in [0.2, 0.25) is 0 Å². The Kier molecular flexibility index (Phi) is 4.25. The van der Waals surface area contributed by atoms with Gasteiger partial charge in [-0.05, 0) is 30.3 Å². The first-order valence-electron chi connectivity index (χ1n) is 6.85. The first kappa shape index (κ1) is 16.4. The number of nitrogens with zero attached hydrogens (tertiary/aromatic N) is 2. The Morgan fingerprint density at radius 2 is 2.00 bits per heavy atom. The van der Waals surface area contributed by atoms with Gasteiger partial charge in [0.25, 0.3) is 5.91 Å². The highest BCUT2D eigenvalue weighted by Crippen LogP contribution is 2.28. The lowest BCUT2D eigenvalue weighted by Gasteiger charge is -2.12. The molecule has 0 amide bonds. The normalized spacial score (nSPS) is 11.0. The maximum atomic E-state index is 14.0. The SMILES string of the molecule is O=C(c1ccc(Cl)c(N(O)O)c1)n1cc(CO)c2c(F)cccc21. The van der Waals surface area contributed by atoms with Crippen molar-refractivity contribution in [2.75, 3.05) is 5.23 Å². The highest BCUT2D eigenvalue weighted by atomic mass is 35.5. The second-order valence-electron chi connectivity index (χ2n) is 5.08. The molecule has 0 bridgehead atoms. The lowest BCUT2D eigenvalue weighted by molar-refractivity contribution is 0.0292. The number of aromatic nitrogens is 1. The van der Waals surface area contributed by atoms with Crippen molar-refractivity contribution in [3.8, 4) is 0 Å². The number of fused-ring (bicyclic) bond motifs is 1. The van der Waals surface area contributed by atoms with Crippen LogP contribution in [-0.2, 0) is 6.61 Å². The number of aliphatic hydroxyl groups is 1. The molecule has 0 aliphatic heterocycles. The van der Waals surface area contributed by atoms with Crippen molar-refractivity contribution in [2.45, 2.75) is 6.61 Å². The van der Waals surface area contributed by atoms with Crippen molar-refractivity contribution < 1.29 is 24.7 Å². The van der Waals surface area contributed by atoms with Gasteiger partial charge in [-0.3, -0.25) is 19.8 Å². The Morgan fingerprint density at radius 1 is 1.25 bits per heavy atom. The van der Waals surface area contributed by atoms with Gasteiger partial charge in [0.05, 0.1) is 17.1 Å². The van der Waals surface area contributed by atoms with E-state index in [1.165, 1.54) is 41.1 Å². The molecule has 0 unspecified atom stereocenters. The predicted octanol–water partition coefficient (Wildman–Crippen LogP) is 3.20. The van der Waals surface area contributed by atoms with Crippen LogP contribution in [-0.4, -0.2) is 26.0 Å². The van der Waals surface area contributed by atoms with Gasteiger partial charge in [-0.1, -0.05) is 17.7 Å². The molecule has 6 nitrogen and oxygen atoms in total. The molecule has 3 N–H and O–H groups in total. The van der Waals surface area contributed by atoms with Crippen LogP contribution >= 0.6 is 11.6 Å². The maximum absolute atomic E-state index is 14.0. The molecule has 1 aromatic heterocycles. The van der Waals surface area contributed by atoms with Crippen LogP contribution < -0.4 is 5.23 Å². The van der Waals surface area contributed by atoms with Crippen LogP contribution in [0.1, 0.15) is 15.9 Å². The van der Waals surface area contributed by atoms with Crippen molar-refractivity contribution in [1.29, 1.82) is 0 Å². The van der Waals surface area contributed by atoms with Gasteiger partial charge in [0.15, 0.2) is 0 Å². The lowest BCUT2D eigenvalue weighted by atomic mass is 10.1. The monoisotopic (exact) mass is 350 g/mol. The van der Waals surface area contributed by atoms with Crippen molar-refractivity contribution in [2.24, 2.45) is 0 Å². The van der Waals surface area contributed by atoms with Crippen molar-refractivity contribution in [3.63, 3.8) is 0 Å². The highest BCUT2D eigenvalue weighted by Gasteiger charge is 2.19. The van der Waals surface area contributed by atoms with E-state index in [0.717, 1.165) is 0 Å². The summed E-state index contributed by atoms with van der Waals surface area (Å²) in [5, 5.41) is 27.7. The van der Waals surface area contributed by atoms with Crippen LogP contribution in [0.4, 0.5) is 10.1 Å². The van der Waals surface area contributed by atoms with E-state index in [0.29, 0.717) is 5.52 Å². The number of hydrogen-bond donors (Lipinski definition) is 3. The number of rotatable bonds is 3. The van der Waals surface area contributed by atoms with Gasteiger partial charge in [0.1, 0.15) is 11.5 Å². The largest absolute Gasteiger partial charge is 0.392 e. The molecule has 0 fully saturated rings. The molecule has 1 heterocycles. The third-order valence-corrected chi connectivity index (χ3v) is 3.97. The minimum Gasteiger partial charge on any atom is -0.392 e. The van der Waals surface area contributed by atoms with Gasteiger partial charge in [-0.15, -0.1) is 5.23 Å². The van der Waals surface area contributed by atoms with Crippen LogP contribution in [0.2, 0.25) is 5.02 Å². The summed E-state index contributed by atoms with van der Waals surface area (Å²) >= 11 is 5.82. The first-order valence-corrected chi connectivity index (χ1v) is 7.23. The standard InChI is InChI=1S/C16H12ClFN2O4/c17-11-5-4-9(6-14(11)20(23)24)16(22)19-7-10(8-21)15-12(18)2-1-3-13(15)19/h1-7,21,23-24H,8H2. The molecule has 3 aromatic rings. The second kappa shape index (κ2) is 6.21. The summed E-state index contributed by atoms with van der Waals surface area (Å²) < 4.78 is 15.2. The number of benzene rings is 2. The molecular weight excluding hydrogens is 339 g/mol. The van der Waals surface area contributed by atoms with E-state index >= 15 is 0 Å². The Hall–Kier alpha value is -2.45. The molecule has 0 spiro atoms. The fraction of sp³-hybridized carbons (Fsp3) is 0.0625. The molecule has 2 aromatic carbocycles. The highest BCUT2D eigenvalue weighted by molar-refractivity contribution is 6.33. The summed E-state index contributed by atoms with van der Waals surface area (Å²) in [6.07, 6.45) is 1.35. The van der Waals surface area contributed by atoms with E-state index < -0.39 is 18.3 Å². The molecule has 124 valence electrons. The number of halogens is 2. The third-order valence-electron chi connectivity index (χ3n) is 3.65. The van der Waals surface area contributed by atoms with Crippen molar-refractivity contribution >= 4 is 34.1 Å². The molecule has 0 radical (unpaired) electrons. The zero-order chi connectivity index (χ0) is 17.4. The Balaban J connectivity index is 2.16. The van der Waals surface area contributed by atoms with E-state index in [1.54, 1.807) is 6.07 Å². The number of carbonyl (C=O) groups is 1. The summed E-state index contributed by atoms with van der Waals surface area (Å²) in [5.41, 5.74) is 0.502. The Labute approximate surface area is 140 Å². The average molecular weight is 351 g/mol. The first-order chi connectivity index (χ1) is 11.4. The number of hydrogen-bond acceptors (Lipinski definition) is 5. The summed E-state index contributed by atoms with van der Waals surface area (Å²) in [6, 6.07) is 8.18. The topological polar surface area (TPSA) is 85.9 Å². The van der Waals surface area contributed by atoms with Crippen LogP contribution in [0.5, 0.6) is 0 Å². The van der Waals surface area contributed by atoms with Crippen LogP contribution in [0.15, 0.2) is 42.6 Å². The summed E-state index contributed by atoms with van der Waals surface area (Å²) in [5.74, 6) is -1.08. The smallest absolute Gasteiger partial charge is 0.262 e. The van der Waals surface area contributed by atoms with E-state index in [1.807, 2.05) is 0 Å². The molecule has 0 aliphatic carbocycles. The molecule has 0 saturated carbocycles. The molecule has 24 heavy (non-hydrogen) atoms. The molecular formula is C16H12ClFN2O4. The fourth-order valence-corrected chi connectivity index (χ4v) is 2.74. The Bertz CT molecular complexity index is 939. The number of aliphatic hydroxyl groups excluding tert-OH is 1. The van der Waals surface area contributed by atoms with E-state index in [-0.39, 0.29) is 32.4 Å². The molecule has 8 heteroatoms. The third kappa shape index (κ3) is 2.63. The van der Waals surface area contributed by atoms with Gasteiger partial charge >= 0.3 is 0 Å². The van der Waals surface area contributed by atoms with Gasteiger partial charge in [-0.25, -0.2) is 4.39 Å². The minimum atomic E-state index is -0.545. The van der Waals surface area contributed by atoms with E-state index in [9.17, 15) is 14.3 Å². The molecule has 0 aliphatic rings. The number of anilines is 1. The van der Waals surface area contributed by atoms with Crippen LogP contribution in [0.3, 0.4) is 0 Å². The van der Waals surface area contributed by atoms with Gasteiger partial charge in [0, 0.05) is 22.7 Å². The summed E-state index contributed by atoms with van der Waals surface area (Å²) in [7, 11) is 0. The van der Waals surface area contributed by atoms with Gasteiger partial charge in [-0.2, -0.15) is 0 Å². The van der Waals surface area contributed by atoms with Crippen LogP contribution in [0, 0.1) is 5.82 Å². The maximum Gasteiger partial charge on any atom is 0.262 e. The lowest BCUT2D eigenvalue weighted by Crippen LogP contribution is -2.15. The molecule has 3 rings (SSSR count). The predicted molar refractivity (Wildman–Crippen MR) is 85.1 cm³/mol. The summed E-state index contributed by atoms with van der Waals surface area (Å²) in [6.45, 7) is -0.426. The zero-order valence-electron chi connectivity index (χ0n) is 12.1. The Morgan fingerprint density at radius 3 is 2.67 bits per heavy atom. The van der Waals surface area contributed by atoms with E-state index in [4.69, 9.17) is 22.0 Å². The van der Waals surface area contributed by atoms with Crippen LogP contribution in [0.25, 0.3) is 10.9 Å². The van der Waals surface area contributed by atoms with E-state index in [2.05, 4.69) is 0 Å². The van der Waals surface area contributed by atoms with Crippen molar-refractivity contribution in [1.82, 2.24) is 4.57 Å². The minimum absolute atomic E-state index is 0.0380. The molecule has 0 saturated heterocycles. The number of carbonyl (C=O) groups excluding carboxylic acids is 1. The average Bonchev–Trinajstić information content (AvgIpc) is 2.94. The molecule has 0 atom stereocenters. The second-order valence-corrected chi connectivity index (χ2v) is 5.48.